The Labute approximate surface area is 104 Å². The van der Waals surface area contributed by atoms with Crippen molar-refractivity contribution >= 4 is 33.2 Å². The number of alkyl halides is 1. The summed E-state index contributed by atoms with van der Waals surface area (Å²) in [6.45, 7) is 0. The van der Waals surface area contributed by atoms with E-state index < -0.39 is 0 Å². The summed E-state index contributed by atoms with van der Waals surface area (Å²) in [6, 6.07) is 8.37. The fraction of sp³-hybridized carbons (Fsp3) is 0.462. The number of para-hydroxylation sites is 1. The van der Waals surface area contributed by atoms with Crippen molar-refractivity contribution in [3.05, 3.63) is 29.3 Å². The van der Waals surface area contributed by atoms with Crippen LogP contribution in [0.5, 0.6) is 0 Å². The summed E-state index contributed by atoms with van der Waals surface area (Å²) >= 11 is 7.97. The number of hydrogen-bond donors (Lipinski definition) is 0. The van der Waals surface area contributed by atoms with Crippen LogP contribution in [0.15, 0.2) is 24.3 Å². The predicted molar refractivity (Wildman–Crippen MR) is 70.3 cm³/mol. The van der Waals surface area contributed by atoms with Crippen molar-refractivity contribution in [2.45, 2.75) is 31.1 Å². The van der Waals surface area contributed by atoms with Gasteiger partial charge >= 0.3 is 0 Å². The van der Waals surface area contributed by atoms with Crippen LogP contribution in [-0.4, -0.2) is 10.4 Å². The predicted octanol–water partition coefficient (Wildman–Crippen LogP) is 4.25. The van der Waals surface area contributed by atoms with Crippen LogP contribution in [0.25, 0.3) is 10.2 Å². The standard InChI is InChI=1S/C13H14ClNS/c14-10-6-5-9(7-10)8-13-15-11-3-1-2-4-12(11)16-13/h1-4,9-10H,5-8H2. The first-order valence-corrected chi connectivity index (χ1v) is 7.05. The van der Waals surface area contributed by atoms with E-state index in [4.69, 9.17) is 11.6 Å². The monoisotopic (exact) mass is 251 g/mol. The van der Waals surface area contributed by atoms with Gasteiger partial charge in [-0.3, -0.25) is 0 Å². The molecule has 0 aliphatic heterocycles. The van der Waals surface area contributed by atoms with Crippen LogP contribution < -0.4 is 0 Å². The Morgan fingerprint density at radius 3 is 2.94 bits per heavy atom. The zero-order valence-corrected chi connectivity index (χ0v) is 10.6. The van der Waals surface area contributed by atoms with E-state index in [1.54, 1.807) is 0 Å². The van der Waals surface area contributed by atoms with Crippen LogP contribution in [-0.2, 0) is 6.42 Å². The smallest absolute Gasteiger partial charge is 0.0941 e. The van der Waals surface area contributed by atoms with Gasteiger partial charge in [-0.25, -0.2) is 4.98 Å². The Morgan fingerprint density at radius 1 is 1.31 bits per heavy atom. The number of thiazole rings is 1. The number of rotatable bonds is 2. The van der Waals surface area contributed by atoms with E-state index in [0.717, 1.165) is 24.3 Å². The molecule has 0 radical (unpaired) electrons. The SMILES string of the molecule is ClC1CCC(Cc2nc3ccccc3s2)C1. The van der Waals surface area contributed by atoms with Gasteiger partial charge in [-0.05, 0) is 37.3 Å². The molecule has 1 saturated carbocycles. The normalized spacial score (nSPS) is 25.3. The highest BCUT2D eigenvalue weighted by atomic mass is 35.5. The zero-order valence-electron chi connectivity index (χ0n) is 9.03. The lowest BCUT2D eigenvalue weighted by molar-refractivity contribution is 0.546. The van der Waals surface area contributed by atoms with E-state index in [1.807, 2.05) is 11.3 Å². The quantitative estimate of drug-likeness (QED) is 0.728. The third-order valence-corrected chi connectivity index (χ3v) is 4.73. The molecule has 1 aromatic heterocycles. The maximum Gasteiger partial charge on any atom is 0.0941 e. The van der Waals surface area contributed by atoms with Crippen molar-refractivity contribution in [3.8, 4) is 0 Å². The van der Waals surface area contributed by atoms with Crippen molar-refractivity contribution in [1.82, 2.24) is 4.98 Å². The van der Waals surface area contributed by atoms with Gasteiger partial charge < -0.3 is 0 Å². The first-order valence-electron chi connectivity index (χ1n) is 5.80. The van der Waals surface area contributed by atoms with Gasteiger partial charge in [0, 0.05) is 11.8 Å². The summed E-state index contributed by atoms with van der Waals surface area (Å²) in [7, 11) is 0. The molecule has 2 unspecified atom stereocenters. The van der Waals surface area contributed by atoms with Crippen molar-refractivity contribution in [1.29, 1.82) is 0 Å². The Hall–Kier alpha value is -0.600. The van der Waals surface area contributed by atoms with Gasteiger partial charge in [0.15, 0.2) is 0 Å². The summed E-state index contributed by atoms with van der Waals surface area (Å²) in [5, 5.41) is 1.68. The summed E-state index contributed by atoms with van der Waals surface area (Å²) < 4.78 is 1.30. The summed E-state index contributed by atoms with van der Waals surface area (Å²) in [4.78, 5) is 4.68. The van der Waals surface area contributed by atoms with Gasteiger partial charge in [-0.1, -0.05) is 12.1 Å². The highest BCUT2D eigenvalue weighted by Crippen LogP contribution is 2.33. The second-order valence-electron chi connectivity index (χ2n) is 4.56. The molecule has 3 rings (SSSR count). The highest BCUT2D eigenvalue weighted by Gasteiger charge is 2.23. The molecule has 84 valence electrons. The van der Waals surface area contributed by atoms with Gasteiger partial charge in [0.25, 0.3) is 0 Å². The molecule has 0 spiro atoms. The molecule has 1 fully saturated rings. The summed E-state index contributed by atoms with van der Waals surface area (Å²) in [5.74, 6) is 0.753. The van der Waals surface area contributed by atoms with Crippen LogP contribution in [0.1, 0.15) is 24.3 Å². The second kappa shape index (κ2) is 4.34. The van der Waals surface area contributed by atoms with Crippen molar-refractivity contribution in [3.63, 3.8) is 0 Å². The van der Waals surface area contributed by atoms with Crippen LogP contribution in [0.4, 0.5) is 0 Å². The molecule has 2 atom stereocenters. The molecule has 1 aliphatic rings. The molecule has 0 amide bonds. The fourth-order valence-electron chi connectivity index (χ4n) is 2.45. The molecule has 1 aromatic carbocycles. The molecule has 2 aromatic rings. The molecule has 3 heteroatoms. The van der Waals surface area contributed by atoms with Crippen LogP contribution >= 0.6 is 22.9 Å². The maximum absolute atomic E-state index is 6.13. The molecule has 1 nitrogen and oxygen atoms in total. The van der Waals surface area contributed by atoms with Gasteiger partial charge in [-0.2, -0.15) is 0 Å². The van der Waals surface area contributed by atoms with Gasteiger partial charge in [0.2, 0.25) is 0 Å². The second-order valence-corrected chi connectivity index (χ2v) is 6.29. The van der Waals surface area contributed by atoms with E-state index in [9.17, 15) is 0 Å². The van der Waals surface area contributed by atoms with Crippen LogP contribution in [0, 0.1) is 5.92 Å². The minimum Gasteiger partial charge on any atom is -0.241 e. The lowest BCUT2D eigenvalue weighted by Gasteiger charge is -2.04. The summed E-state index contributed by atoms with van der Waals surface area (Å²) in [6.07, 6.45) is 4.72. The molecule has 1 aliphatic carbocycles. The van der Waals surface area contributed by atoms with E-state index in [0.29, 0.717) is 5.38 Å². The lowest BCUT2D eigenvalue weighted by atomic mass is 10.1. The lowest BCUT2D eigenvalue weighted by Crippen LogP contribution is -1.99. The minimum atomic E-state index is 0.402. The zero-order chi connectivity index (χ0) is 11.0. The molecule has 0 N–H and O–H groups in total. The van der Waals surface area contributed by atoms with Gasteiger partial charge in [-0.15, -0.1) is 22.9 Å². The van der Waals surface area contributed by atoms with Crippen molar-refractivity contribution < 1.29 is 0 Å². The molecular formula is C13H14ClNS. The Bertz CT molecular complexity index is 460. The number of hydrogen-bond acceptors (Lipinski definition) is 2. The average molecular weight is 252 g/mol. The Morgan fingerprint density at radius 2 is 2.19 bits per heavy atom. The highest BCUT2D eigenvalue weighted by molar-refractivity contribution is 7.18. The van der Waals surface area contributed by atoms with Crippen LogP contribution in [0.3, 0.4) is 0 Å². The van der Waals surface area contributed by atoms with E-state index in [-0.39, 0.29) is 0 Å². The molecule has 0 bridgehead atoms. The van der Waals surface area contributed by atoms with E-state index in [2.05, 4.69) is 29.2 Å². The first kappa shape index (κ1) is 10.5. The molecular weight excluding hydrogens is 238 g/mol. The molecule has 1 heterocycles. The number of fused-ring (bicyclic) bond motifs is 1. The third-order valence-electron chi connectivity index (χ3n) is 3.28. The maximum atomic E-state index is 6.13. The number of nitrogens with zero attached hydrogens (tertiary/aromatic N) is 1. The number of aromatic nitrogens is 1. The average Bonchev–Trinajstić information content (AvgIpc) is 2.84. The third kappa shape index (κ3) is 2.09. The Kier molecular flexibility index (Phi) is 2.86. The molecule has 16 heavy (non-hydrogen) atoms. The van der Waals surface area contributed by atoms with E-state index in [1.165, 1.54) is 22.5 Å². The van der Waals surface area contributed by atoms with Crippen molar-refractivity contribution in [2.24, 2.45) is 5.92 Å². The fourth-order valence-corrected chi connectivity index (χ4v) is 3.91. The molecule has 0 saturated heterocycles. The topological polar surface area (TPSA) is 12.9 Å². The largest absolute Gasteiger partial charge is 0.241 e. The number of benzene rings is 1. The number of halogens is 1. The summed E-state index contributed by atoms with van der Waals surface area (Å²) in [5.41, 5.74) is 1.14. The van der Waals surface area contributed by atoms with Crippen molar-refractivity contribution in [2.75, 3.05) is 0 Å². The first-order chi connectivity index (χ1) is 7.81. The Balaban J connectivity index is 1.79. The van der Waals surface area contributed by atoms with Gasteiger partial charge in [0.1, 0.15) is 0 Å². The van der Waals surface area contributed by atoms with E-state index >= 15 is 0 Å². The van der Waals surface area contributed by atoms with Crippen LogP contribution in [0.2, 0.25) is 0 Å². The minimum absolute atomic E-state index is 0.402. The van der Waals surface area contributed by atoms with Gasteiger partial charge in [0.05, 0.1) is 15.2 Å².